The second-order valence-electron chi connectivity index (χ2n) is 6.30. The lowest BCUT2D eigenvalue weighted by Crippen LogP contribution is -2.45. The summed E-state index contributed by atoms with van der Waals surface area (Å²) in [5, 5.41) is 20.0. The summed E-state index contributed by atoms with van der Waals surface area (Å²) in [5.74, 6) is 0.331. The Kier molecular flexibility index (Phi) is 4.88. The van der Waals surface area contributed by atoms with Gasteiger partial charge in [0.05, 0.1) is 17.0 Å². The Morgan fingerprint density at radius 3 is 2.81 bits per heavy atom. The number of carbonyl (C=O) groups is 1. The first-order valence-corrected chi connectivity index (χ1v) is 7.78. The van der Waals surface area contributed by atoms with Crippen LogP contribution in [0.25, 0.3) is 0 Å². The van der Waals surface area contributed by atoms with Crippen LogP contribution < -0.4 is 11.1 Å². The van der Waals surface area contributed by atoms with Gasteiger partial charge in [0.15, 0.2) is 5.69 Å². The molecule has 0 bridgehead atoms. The van der Waals surface area contributed by atoms with E-state index in [9.17, 15) is 9.90 Å². The molecular weight excluding hydrogens is 268 g/mol. The number of nitrogens with two attached hydrogens (primary N) is 1. The SMILES string of the molecule is CCCc1[nH]nc(C(=O)NCC2(O)CCC(C)CC2)c1N. The summed E-state index contributed by atoms with van der Waals surface area (Å²) in [7, 11) is 0. The number of carbonyl (C=O) groups excluding carboxylic acids is 1. The summed E-state index contributed by atoms with van der Waals surface area (Å²) in [6.07, 6.45) is 5.16. The molecule has 0 aromatic carbocycles. The fraction of sp³-hybridized carbons (Fsp3) is 0.733. The standard InChI is InChI=1S/C15H26N4O2/c1-3-4-11-12(16)13(19-18-11)14(20)17-9-15(21)7-5-10(2)6-8-15/h10,21H,3-9,16H2,1-2H3,(H,17,20)(H,18,19). The van der Waals surface area contributed by atoms with Gasteiger partial charge in [-0.1, -0.05) is 20.3 Å². The van der Waals surface area contributed by atoms with E-state index in [1.807, 2.05) is 6.92 Å². The number of nitrogen functional groups attached to an aromatic ring is 1. The maximum atomic E-state index is 12.1. The molecule has 6 heteroatoms. The lowest BCUT2D eigenvalue weighted by atomic mass is 9.79. The van der Waals surface area contributed by atoms with E-state index in [-0.39, 0.29) is 18.1 Å². The Labute approximate surface area is 125 Å². The van der Waals surface area contributed by atoms with Crippen molar-refractivity contribution < 1.29 is 9.90 Å². The summed E-state index contributed by atoms with van der Waals surface area (Å²) in [6, 6.07) is 0. The predicted molar refractivity (Wildman–Crippen MR) is 81.9 cm³/mol. The molecule has 0 saturated heterocycles. The monoisotopic (exact) mass is 294 g/mol. The molecule has 1 saturated carbocycles. The van der Waals surface area contributed by atoms with Gasteiger partial charge in [0.2, 0.25) is 0 Å². The zero-order valence-corrected chi connectivity index (χ0v) is 12.9. The zero-order chi connectivity index (χ0) is 15.5. The third-order valence-corrected chi connectivity index (χ3v) is 4.38. The summed E-state index contributed by atoms with van der Waals surface area (Å²) in [4.78, 5) is 12.1. The number of nitrogens with one attached hydrogen (secondary N) is 2. The van der Waals surface area contributed by atoms with Crippen molar-refractivity contribution in [1.29, 1.82) is 0 Å². The van der Waals surface area contributed by atoms with E-state index in [0.717, 1.165) is 44.2 Å². The van der Waals surface area contributed by atoms with Crippen LogP contribution in [-0.4, -0.2) is 33.4 Å². The molecule has 118 valence electrons. The average molecular weight is 294 g/mol. The lowest BCUT2D eigenvalue weighted by molar-refractivity contribution is -0.00543. The van der Waals surface area contributed by atoms with Gasteiger partial charge in [-0.05, 0) is 38.0 Å². The Balaban J connectivity index is 1.93. The summed E-state index contributed by atoms with van der Waals surface area (Å²) in [6.45, 7) is 4.49. The molecule has 21 heavy (non-hydrogen) atoms. The van der Waals surface area contributed by atoms with Gasteiger partial charge in [-0.15, -0.1) is 0 Å². The Bertz CT molecular complexity index is 490. The summed E-state index contributed by atoms with van der Waals surface area (Å²) >= 11 is 0. The van der Waals surface area contributed by atoms with Crippen molar-refractivity contribution in [3.05, 3.63) is 11.4 Å². The van der Waals surface area contributed by atoms with E-state index in [2.05, 4.69) is 22.4 Å². The second kappa shape index (κ2) is 6.47. The highest BCUT2D eigenvalue weighted by atomic mass is 16.3. The number of hydrogen-bond donors (Lipinski definition) is 4. The van der Waals surface area contributed by atoms with Crippen molar-refractivity contribution in [1.82, 2.24) is 15.5 Å². The fourth-order valence-corrected chi connectivity index (χ4v) is 2.81. The van der Waals surface area contributed by atoms with Crippen LogP contribution in [-0.2, 0) is 6.42 Å². The van der Waals surface area contributed by atoms with Gasteiger partial charge < -0.3 is 16.2 Å². The molecule has 0 unspecified atom stereocenters. The van der Waals surface area contributed by atoms with Crippen LogP contribution in [0.1, 0.15) is 62.1 Å². The highest BCUT2D eigenvalue weighted by Crippen LogP contribution is 2.31. The van der Waals surface area contributed by atoms with Crippen molar-refractivity contribution in [2.45, 2.75) is 58.0 Å². The molecule has 0 spiro atoms. The Morgan fingerprint density at radius 1 is 1.52 bits per heavy atom. The normalized spacial score (nSPS) is 25.8. The topological polar surface area (TPSA) is 104 Å². The van der Waals surface area contributed by atoms with Gasteiger partial charge in [-0.3, -0.25) is 9.89 Å². The molecule has 1 aliphatic carbocycles. The lowest BCUT2D eigenvalue weighted by Gasteiger charge is -2.34. The maximum absolute atomic E-state index is 12.1. The van der Waals surface area contributed by atoms with Crippen LogP contribution in [0.4, 0.5) is 5.69 Å². The molecule has 6 nitrogen and oxygen atoms in total. The zero-order valence-electron chi connectivity index (χ0n) is 12.9. The molecule has 0 radical (unpaired) electrons. The first-order valence-electron chi connectivity index (χ1n) is 7.78. The van der Waals surface area contributed by atoms with Gasteiger partial charge in [0.1, 0.15) is 0 Å². The molecule has 1 amide bonds. The average Bonchev–Trinajstić information content (AvgIpc) is 2.82. The molecule has 1 fully saturated rings. The minimum Gasteiger partial charge on any atom is -0.395 e. The van der Waals surface area contributed by atoms with Crippen LogP contribution in [0.3, 0.4) is 0 Å². The van der Waals surface area contributed by atoms with Crippen LogP contribution >= 0.6 is 0 Å². The van der Waals surface area contributed by atoms with Crippen molar-refractivity contribution >= 4 is 11.6 Å². The van der Waals surface area contributed by atoms with Gasteiger partial charge >= 0.3 is 0 Å². The van der Waals surface area contributed by atoms with E-state index in [0.29, 0.717) is 11.6 Å². The number of H-pyrrole nitrogens is 1. The molecule has 1 aliphatic rings. The van der Waals surface area contributed by atoms with Crippen LogP contribution in [0.15, 0.2) is 0 Å². The van der Waals surface area contributed by atoms with Crippen molar-refractivity contribution in [3.63, 3.8) is 0 Å². The predicted octanol–water partition coefficient (Wildman–Crippen LogP) is 1.62. The first kappa shape index (κ1) is 15.8. The van der Waals surface area contributed by atoms with Gasteiger partial charge in [0.25, 0.3) is 5.91 Å². The van der Waals surface area contributed by atoms with Crippen LogP contribution in [0.2, 0.25) is 0 Å². The molecule has 1 aromatic heterocycles. The molecule has 1 aromatic rings. The number of aliphatic hydroxyl groups is 1. The number of amides is 1. The van der Waals surface area contributed by atoms with E-state index in [4.69, 9.17) is 5.73 Å². The highest BCUT2D eigenvalue weighted by molar-refractivity contribution is 5.97. The number of anilines is 1. The van der Waals surface area contributed by atoms with Crippen molar-refractivity contribution in [2.24, 2.45) is 5.92 Å². The quantitative estimate of drug-likeness (QED) is 0.662. The van der Waals surface area contributed by atoms with E-state index < -0.39 is 5.60 Å². The van der Waals surface area contributed by atoms with E-state index >= 15 is 0 Å². The largest absolute Gasteiger partial charge is 0.395 e. The first-order chi connectivity index (χ1) is 9.95. The number of aromatic nitrogens is 2. The number of nitrogens with zero attached hydrogens (tertiary/aromatic N) is 1. The molecular formula is C15H26N4O2. The summed E-state index contributed by atoms with van der Waals surface area (Å²) < 4.78 is 0. The van der Waals surface area contributed by atoms with E-state index in [1.54, 1.807) is 0 Å². The van der Waals surface area contributed by atoms with Crippen LogP contribution in [0.5, 0.6) is 0 Å². The summed E-state index contributed by atoms with van der Waals surface area (Å²) in [5.41, 5.74) is 6.58. The third kappa shape index (κ3) is 3.75. The number of aryl methyl sites for hydroxylation is 1. The minimum absolute atomic E-state index is 0.228. The number of aromatic amines is 1. The number of rotatable bonds is 5. The highest BCUT2D eigenvalue weighted by Gasteiger charge is 2.32. The van der Waals surface area contributed by atoms with Crippen molar-refractivity contribution in [3.8, 4) is 0 Å². The molecule has 1 heterocycles. The van der Waals surface area contributed by atoms with Gasteiger partial charge in [0, 0.05) is 6.54 Å². The van der Waals surface area contributed by atoms with Crippen molar-refractivity contribution in [2.75, 3.05) is 12.3 Å². The minimum atomic E-state index is -0.792. The maximum Gasteiger partial charge on any atom is 0.274 e. The molecule has 5 N–H and O–H groups in total. The van der Waals surface area contributed by atoms with Gasteiger partial charge in [-0.25, -0.2) is 0 Å². The van der Waals surface area contributed by atoms with E-state index in [1.165, 1.54) is 0 Å². The van der Waals surface area contributed by atoms with Gasteiger partial charge in [-0.2, -0.15) is 5.10 Å². The fourth-order valence-electron chi connectivity index (χ4n) is 2.81. The molecule has 2 rings (SSSR count). The second-order valence-corrected chi connectivity index (χ2v) is 6.30. The molecule has 0 aliphatic heterocycles. The molecule has 0 atom stereocenters. The Hall–Kier alpha value is -1.56. The third-order valence-electron chi connectivity index (χ3n) is 4.38. The number of hydrogen-bond acceptors (Lipinski definition) is 4. The van der Waals surface area contributed by atoms with Crippen LogP contribution in [0, 0.1) is 5.92 Å². The Morgan fingerprint density at radius 2 is 2.19 bits per heavy atom. The smallest absolute Gasteiger partial charge is 0.274 e.